The number of rotatable bonds is 11. The first kappa shape index (κ1) is 50.7. The van der Waals surface area contributed by atoms with Crippen molar-refractivity contribution in [3.8, 4) is 0 Å². The standard InChI is InChI=1S/C47H78N2O13/c1-13-35-47(10,54)40(51)29(4)37(48-57-26-33-19-15-14-16-20-33)27(2)24-46(9,56-12)42(62-44-38(50)34(23-28(3)58-44)49-21-17-18-22-49)30(5)39(31(6)43(53)60-35)61-36-25-45(8,55-11)41(52)32(7)59-36/h14-16,19-20,27-32,34-36,38-42,44,50-52,54H,13,17-18,21-26H2,1-12H3/t27-,28+,29+,30+,31-,32+,34-,35-,36+,38+,39+,40-,41+,42-,44-,45-,46-,47-/m1/s1. The molecule has 15 nitrogen and oxygen atoms in total. The zero-order valence-corrected chi connectivity index (χ0v) is 39.3. The van der Waals surface area contributed by atoms with Gasteiger partial charge in [-0.1, -0.05) is 63.2 Å². The fourth-order valence-electron chi connectivity index (χ4n) is 10.4. The van der Waals surface area contributed by atoms with Gasteiger partial charge < -0.3 is 58.4 Å². The molecule has 0 saturated carbocycles. The zero-order valence-electron chi connectivity index (χ0n) is 39.3. The van der Waals surface area contributed by atoms with Crippen molar-refractivity contribution in [2.75, 3.05) is 27.3 Å². The summed E-state index contributed by atoms with van der Waals surface area (Å²) >= 11 is 0. The quantitative estimate of drug-likeness (QED) is 0.172. The molecule has 4 N–H and O–H groups in total. The van der Waals surface area contributed by atoms with Crippen LogP contribution in [0.4, 0.5) is 0 Å². The molecule has 1 aromatic carbocycles. The summed E-state index contributed by atoms with van der Waals surface area (Å²) < 4.78 is 45.2. The van der Waals surface area contributed by atoms with Crippen LogP contribution in [0, 0.1) is 23.7 Å². The first-order valence-corrected chi connectivity index (χ1v) is 22.9. The van der Waals surface area contributed by atoms with Crippen LogP contribution in [-0.2, 0) is 49.4 Å². The zero-order chi connectivity index (χ0) is 45.7. The van der Waals surface area contributed by atoms with Crippen LogP contribution in [0.25, 0.3) is 0 Å². The maximum absolute atomic E-state index is 14.5. The molecule has 354 valence electrons. The minimum Gasteiger partial charge on any atom is -0.459 e. The van der Waals surface area contributed by atoms with Crippen molar-refractivity contribution in [3.05, 3.63) is 35.9 Å². The van der Waals surface area contributed by atoms with E-state index in [1.807, 2.05) is 58.0 Å². The van der Waals surface area contributed by atoms with Crippen molar-refractivity contribution in [2.24, 2.45) is 28.8 Å². The predicted octanol–water partition coefficient (Wildman–Crippen LogP) is 4.98. The normalized spacial score (nSPS) is 45.1. The number of cyclic esters (lactones) is 1. The number of esters is 1. The van der Waals surface area contributed by atoms with Crippen LogP contribution in [-0.4, -0.2) is 149 Å². The first-order valence-electron chi connectivity index (χ1n) is 22.9. The Morgan fingerprint density at radius 3 is 2.11 bits per heavy atom. The van der Waals surface area contributed by atoms with Crippen molar-refractivity contribution in [1.29, 1.82) is 0 Å². The van der Waals surface area contributed by atoms with E-state index in [1.54, 1.807) is 41.7 Å². The van der Waals surface area contributed by atoms with Gasteiger partial charge in [0.2, 0.25) is 0 Å². The number of aliphatic hydroxyl groups excluding tert-OH is 3. The molecule has 4 heterocycles. The maximum atomic E-state index is 14.5. The van der Waals surface area contributed by atoms with Crippen LogP contribution in [0.2, 0.25) is 0 Å². The van der Waals surface area contributed by atoms with Crippen LogP contribution in [0.15, 0.2) is 35.5 Å². The molecule has 62 heavy (non-hydrogen) atoms. The second-order valence-electron chi connectivity index (χ2n) is 19.3. The van der Waals surface area contributed by atoms with Gasteiger partial charge in [0.15, 0.2) is 12.6 Å². The third-order valence-electron chi connectivity index (χ3n) is 14.5. The highest BCUT2D eigenvalue weighted by molar-refractivity contribution is 5.88. The Labute approximate surface area is 369 Å². The number of aliphatic hydroxyl groups is 4. The van der Waals surface area contributed by atoms with Crippen molar-refractivity contribution in [1.82, 2.24) is 4.90 Å². The predicted molar refractivity (Wildman–Crippen MR) is 232 cm³/mol. The molecule has 5 rings (SSSR count). The van der Waals surface area contributed by atoms with Gasteiger partial charge in [-0.3, -0.25) is 9.69 Å². The summed E-state index contributed by atoms with van der Waals surface area (Å²) in [6.45, 7) is 20.0. The highest BCUT2D eigenvalue weighted by Crippen LogP contribution is 2.42. The molecule has 0 amide bonds. The van der Waals surface area contributed by atoms with E-state index >= 15 is 0 Å². The number of carbonyl (C=O) groups is 1. The summed E-state index contributed by atoms with van der Waals surface area (Å²) in [5.41, 5.74) is -2.78. The molecular formula is C47H78N2O13. The Morgan fingerprint density at radius 2 is 1.50 bits per heavy atom. The fraction of sp³-hybridized carbons (Fsp3) is 0.830. The molecule has 0 aromatic heterocycles. The van der Waals surface area contributed by atoms with E-state index in [-0.39, 0.29) is 38.0 Å². The van der Waals surface area contributed by atoms with Crippen LogP contribution < -0.4 is 0 Å². The first-order chi connectivity index (χ1) is 29.2. The van der Waals surface area contributed by atoms with Crippen molar-refractivity contribution in [3.63, 3.8) is 0 Å². The van der Waals surface area contributed by atoms with Crippen LogP contribution in [0.5, 0.6) is 0 Å². The summed E-state index contributed by atoms with van der Waals surface area (Å²) in [5, 5.41) is 52.0. The number of oxime groups is 1. The SMILES string of the molecule is CC[C@H]1OC(=O)[C@H](C)[C@@H](O[C@H]2C[C@@](C)(OC)[C@@H](O)[C@H](C)O2)[C@H](C)[C@@H](O[C@H]2O[C@@H](C)C[C@@H](N3CCCC3)[C@@H]2O)[C@](C)(OC)C[C@@H](C)C(=NOCc2ccccc2)[C@H](C)[C@@H](O)[C@]1(C)O. The molecular weight excluding hydrogens is 801 g/mol. The third-order valence-corrected chi connectivity index (χ3v) is 14.5. The van der Waals surface area contributed by atoms with E-state index in [4.69, 9.17) is 38.0 Å². The molecule has 0 spiro atoms. The maximum Gasteiger partial charge on any atom is 0.311 e. The van der Waals surface area contributed by atoms with E-state index in [1.165, 1.54) is 14.0 Å². The molecule has 0 bridgehead atoms. The number of nitrogens with zero attached hydrogens (tertiary/aromatic N) is 2. The van der Waals surface area contributed by atoms with Gasteiger partial charge >= 0.3 is 5.97 Å². The monoisotopic (exact) mass is 879 g/mol. The molecule has 4 fully saturated rings. The van der Waals surface area contributed by atoms with E-state index in [2.05, 4.69) is 10.1 Å². The third kappa shape index (κ3) is 11.2. The highest BCUT2D eigenvalue weighted by Gasteiger charge is 2.54. The van der Waals surface area contributed by atoms with Crippen LogP contribution in [0.3, 0.4) is 0 Å². The van der Waals surface area contributed by atoms with E-state index < -0.39 is 102 Å². The Hall–Kier alpha value is -2.28. The number of carbonyl (C=O) groups excluding carboxylic acids is 1. The lowest BCUT2D eigenvalue weighted by Crippen LogP contribution is -2.61. The van der Waals surface area contributed by atoms with Crippen LogP contribution >= 0.6 is 0 Å². The molecule has 0 unspecified atom stereocenters. The lowest BCUT2D eigenvalue weighted by molar-refractivity contribution is -0.319. The highest BCUT2D eigenvalue weighted by atomic mass is 16.7. The molecule has 4 aliphatic rings. The molecule has 1 aromatic rings. The van der Waals surface area contributed by atoms with Crippen molar-refractivity contribution >= 4 is 11.7 Å². The Morgan fingerprint density at radius 1 is 0.855 bits per heavy atom. The summed E-state index contributed by atoms with van der Waals surface area (Å²) in [7, 11) is 3.12. The average Bonchev–Trinajstić information content (AvgIpc) is 3.79. The molecule has 4 saturated heterocycles. The van der Waals surface area contributed by atoms with Gasteiger partial charge in [0.1, 0.15) is 30.5 Å². The Kier molecular flexibility index (Phi) is 17.5. The Balaban J connectivity index is 1.63. The lowest BCUT2D eigenvalue weighted by atomic mass is 9.73. The summed E-state index contributed by atoms with van der Waals surface area (Å²) in [6.07, 6.45) is -5.99. The topological polar surface area (TPSA) is 187 Å². The number of hydrogen-bond donors (Lipinski definition) is 4. The van der Waals surface area contributed by atoms with Gasteiger partial charge in [0.25, 0.3) is 0 Å². The molecule has 15 heteroatoms. The molecule has 0 radical (unpaired) electrons. The van der Waals surface area contributed by atoms with Gasteiger partial charge in [0.05, 0.1) is 53.4 Å². The number of benzene rings is 1. The average molecular weight is 879 g/mol. The smallest absolute Gasteiger partial charge is 0.311 e. The number of hydrogen-bond acceptors (Lipinski definition) is 15. The van der Waals surface area contributed by atoms with E-state index in [0.29, 0.717) is 12.1 Å². The lowest BCUT2D eigenvalue weighted by Gasteiger charge is -2.50. The van der Waals surface area contributed by atoms with Gasteiger partial charge in [-0.25, -0.2) is 0 Å². The van der Waals surface area contributed by atoms with Crippen molar-refractivity contribution in [2.45, 2.75) is 199 Å². The second-order valence-corrected chi connectivity index (χ2v) is 19.3. The number of likely N-dealkylation sites (tertiary alicyclic amines) is 1. The number of methoxy groups -OCH3 is 2. The van der Waals surface area contributed by atoms with Gasteiger partial charge in [-0.05, 0) is 92.3 Å². The molecule has 18 atom stereocenters. The Bertz CT molecular complexity index is 1600. The fourth-order valence-corrected chi connectivity index (χ4v) is 10.4. The molecule has 4 aliphatic heterocycles. The van der Waals surface area contributed by atoms with E-state index in [0.717, 1.165) is 31.5 Å². The van der Waals surface area contributed by atoms with Gasteiger partial charge in [-0.2, -0.15) is 0 Å². The minimum atomic E-state index is -1.92. The van der Waals surface area contributed by atoms with E-state index in [9.17, 15) is 25.2 Å². The summed E-state index contributed by atoms with van der Waals surface area (Å²) in [6, 6.07) is 9.42. The van der Waals surface area contributed by atoms with Crippen molar-refractivity contribution < 1.29 is 63.2 Å². The van der Waals surface area contributed by atoms with Gasteiger partial charge in [-0.15, -0.1) is 0 Å². The molecule has 0 aliphatic carbocycles. The summed E-state index contributed by atoms with van der Waals surface area (Å²) in [5.74, 6) is -3.58. The summed E-state index contributed by atoms with van der Waals surface area (Å²) in [4.78, 5) is 22.8. The second kappa shape index (κ2) is 21.4. The largest absolute Gasteiger partial charge is 0.459 e. The van der Waals surface area contributed by atoms with Crippen LogP contribution in [0.1, 0.15) is 113 Å². The minimum absolute atomic E-state index is 0.142. The van der Waals surface area contributed by atoms with Gasteiger partial charge in [0, 0.05) is 44.4 Å². The number of ether oxygens (including phenoxy) is 7.